The Hall–Kier alpha value is -0.330. The molecule has 1 nitrogen and oxygen atoms in total. The number of Topliss-reactive ketones (excluding diaryl/α,β-unsaturated/α-hetero) is 1. The molecule has 0 bridgehead atoms. The van der Waals surface area contributed by atoms with Gasteiger partial charge in [-0.15, -0.1) is 0 Å². The van der Waals surface area contributed by atoms with Gasteiger partial charge in [-0.3, -0.25) is 4.79 Å². The molecule has 112 valence electrons. The lowest BCUT2D eigenvalue weighted by Crippen LogP contribution is -2.51. The van der Waals surface area contributed by atoms with Gasteiger partial charge >= 0.3 is 0 Å². The third kappa shape index (κ3) is 1.48. The largest absolute Gasteiger partial charge is 0.299 e. The van der Waals surface area contributed by atoms with Crippen LogP contribution < -0.4 is 0 Å². The predicted molar refractivity (Wildman–Crippen MR) is 81.3 cm³/mol. The van der Waals surface area contributed by atoms with Gasteiger partial charge in [-0.2, -0.15) is 0 Å². The molecule has 0 heterocycles. The monoisotopic (exact) mass is 274 g/mol. The second-order valence-electron chi connectivity index (χ2n) is 9.00. The van der Waals surface area contributed by atoms with Crippen LogP contribution >= 0.6 is 0 Å². The first kappa shape index (κ1) is 13.3. The van der Waals surface area contributed by atoms with E-state index in [0.717, 1.165) is 36.0 Å². The lowest BCUT2D eigenvalue weighted by molar-refractivity contribution is -0.135. The number of hydrogen-bond donors (Lipinski definition) is 0. The van der Waals surface area contributed by atoms with E-state index in [4.69, 9.17) is 0 Å². The third-order valence-electron chi connectivity index (χ3n) is 8.48. The highest BCUT2D eigenvalue weighted by molar-refractivity contribution is 5.87. The van der Waals surface area contributed by atoms with E-state index in [0.29, 0.717) is 11.2 Å². The van der Waals surface area contributed by atoms with Crippen molar-refractivity contribution in [2.45, 2.75) is 72.1 Å². The molecule has 0 N–H and O–H groups in total. The Labute approximate surface area is 123 Å². The molecule has 0 saturated heterocycles. The molecule has 0 unspecified atom stereocenters. The zero-order valence-electron chi connectivity index (χ0n) is 13.5. The van der Waals surface area contributed by atoms with Gasteiger partial charge in [0.25, 0.3) is 0 Å². The van der Waals surface area contributed by atoms with Crippen molar-refractivity contribution in [2.75, 3.05) is 0 Å². The summed E-state index contributed by atoms with van der Waals surface area (Å²) in [6.45, 7) is 7.40. The van der Waals surface area contributed by atoms with Crippen LogP contribution in [0.2, 0.25) is 0 Å². The molecule has 0 aromatic heterocycles. The van der Waals surface area contributed by atoms with Crippen LogP contribution in [0.1, 0.15) is 72.1 Å². The van der Waals surface area contributed by atoms with Crippen molar-refractivity contribution in [3.05, 3.63) is 0 Å². The Morgan fingerprint density at radius 3 is 2.50 bits per heavy atom. The number of ketones is 1. The first-order valence-corrected chi connectivity index (χ1v) is 9.00. The standard InChI is InChI=1S/C19H30O/c1-12-8-10-18(2)14(12)5-4-13-15-6-7-17(20)19(15,3)11-9-16(13)18/h12-16H,4-11H2,1-3H3/t12-,13-,14+,15-,16-,18-,19-/m0/s1. The van der Waals surface area contributed by atoms with Crippen molar-refractivity contribution >= 4 is 5.78 Å². The minimum Gasteiger partial charge on any atom is -0.299 e. The van der Waals surface area contributed by atoms with Crippen molar-refractivity contribution in [3.63, 3.8) is 0 Å². The molecular formula is C19H30O. The number of rotatable bonds is 0. The van der Waals surface area contributed by atoms with E-state index in [9.17, 15) is 4.79 Å². The first-order chi connectivity index (χ1) is 9.47. The van der Waals surface area contributed by atoms with Crippen molar-refractivity contribution in [1.29, 1.82) is 0 Å². The molecule has 1 heteroatoms. The second-order valence-corrected chi connectivity index (χ2v) is 9.00. The van der Waals surface area contributed by atoms with Crippen LogP contribution in [0.3, 0.4) is 0 Å². The van der Waals surface area contributed by atoms with Gasteiger partial charge in [0.2, 0.25) is 0 Å². The molecule has 0 amide bonds. The summed E-state index contributed by atoms with van der Waals surface area (Å²) in [6.07, 6.45) is 10.4. The smallest absolute Gasteiger partial charge is 0.139 e. The molecule has 4 aliphatic carbocycles. The first-order valence-electron chi connectivity index (χ1n) is 9.00. The highest BCUT2D eigenvalue weighted by atomic mass is 16.1. The summed E-state index contributed by atoms with van der Waals surface area (Å²) in [4.78, 5) is 12.4. The summed E-state index contributed by atoms with van der Waals surface area (Å²) < 4.78 is 0. The topological polar surface area (TPSA) is 17.1 Å². The fraction of sp³-hybridized carbons (Fsp3) is 0.947. The molecule has 20 heavy (non-hydrogen) atoms. The number of fused-ring (bicyclic) bond motifs is 5. The van der Waals surface area contributed by atoms with E-state index >= 15 is 0 Å². The molecule has 0 aliphatic heterocycles. The van der Waals surface area contributed by atoms with Crippen molar-refractivity contribution in [1.82, 2.24) is 0 Å². The maximum Gasteiger partial charge on any atom is 0.139 e. The van der Waals surface area contributed by atoms with Crippen LogP contribution in [0, 0.1) is 40.4 Å². The highest BCUT2D eigenvalue weighted by Crippen LogP contribution is 2.67. The molecule has 0 aromatic rings. The molecule has 4 rings (SSSR count). The maximum atomic E-state index is 12.4. The van der Waals surface area contributed by atoms with Gasteiger partial charge in [-0.25, -0.2) is 0 Å². The van der Waals surface area contributed by atoms with E-state index in [2.05, 4.69) is 20.8 Å². The van der Waals surface area contributed by atoms with Gasteiger partial charge in [-0.05, 0) is 80.0 Å². The average molecular weight is 274 g/mol. The Morgan fingerprint density at radius 2 is 1.70 bits per heavy atom. The van der Waals surface area contributed by atoms with Crippen molar-refractivity contribution < 1.29 is 4.79 Å². The van der Waals surface area contributed by atoms with Crippen LogP contribution in [-0.2, 0) is 4.79 Å². The zero-order valence-corrected chi connectivity index (χ0v) is 13.5. The Kier molecular flexibility index (Phi) is 2.74. The summed E-state index contributed by atoms with van der Waals surface area (Å²) in [5.74, 6) is 5.03. The Balaban J connectivity index is 1.67. The van der Waals surface area contributed by atoms with Gasteiger partial charge in [0.05, 0.1) is 0 Å². The molecule has 4 aliphatic rings. The van der Waals surface area contributed by atoms with Gasteiger partial charge in [0.1, 0.15) is 5.78 Å². The number of carbonyl (C=O) groups is 1. The predicted octanol–water partition coefficient (Wildman–Crippen LogP) is 4.84. The van der Waals surface area contributed by atoms with Gasteiger partial charge < -0.3 is 0 Å². The van der Waals surface area contributed by atoms with Gasteiger partial charge in [0, 0.05) is 11.8 Å². The van der Waals surface area contributed by atoms with Crippen LogP contribution in [0.15, 0.2) is 0 Å². The molecule has 4 fully saturated rings. The minimum absolute atomic E-state index is 0.0641. The normalized spacial score (nSPS) is 58.1. The summed E-state index contributed by atoms with van der Waals surface area (Å²) in [6, 6.07) is 0. The number of hydrogen-bond acceptors (Lipinski definition) is 1. The van der Waals surface area contributed by atoms with E-state index in [-0.39, 0.29) is 5.41 Å². The molecule has 0 radical (unpaired) electrons. The van der Waals surface area contributed by atoms with E-state index in [1.807, 2.05) is 0 Å². The molecule has 0 aromatic carbocycles. The summed E-state index contributed by atoms with van der Waals surface area (Å²) in [5.41, 5.74) is 0.671. The highest BCUT2D eigenvalue weighted by Gasteiger charge is 2.61. The fourth-order valence-electron chi connectivity index (χ4n) is 7.30. The van der Waals surface area contributed by atoms with Crippen LogP contribution in [0.25, 0.3) is 0 Å². The Bertz CT molecular complexity index is 441. The minimum atomic E-state index is 0.0641. The SMILES string of the molecule is C[C@H]1CC[C@@]2(C)[C@@H]1CC[C@@H]1[C@@H]2CC[C@]2(C)C(=O)CC[C@@H]12. The fourth-order valence-corrected chi connectivity index (χ4v) is 7.30. The molecule has 7 atom stereocenters. The van der Waals surface area contributed by atoms with Gasteiger partial charge in [-0.1, -0.05) is 20.8 Å². The molecule has 0 spiro atoms. The Morgan fingerprint density at radius 1 is 0.900 bits per heavy atom. The third-order valence-corrected chi connectivity index (χ3v) is 8.48. The quantitative estimate of drug-likeness (QED) is 0.617. The molecular weight excluding hydrogens is 244 g/mol. The maximum absolute atomic E-state index is 12.4. The number of carbonyl (C=O) groups excluding carboxylic acids is 1. The van der Waals surface area contributed by atoms with E-state index < -0.39 is 0 Å². The van der Waals surface area contributed by atoms with Crippen LogP contribution in [0.5, 0.6) is 0 Å². The van der Waals surface area contributed by atoms with Crippen molar-refractivity contribution in [3.8, 4) is 0 Å². The average Bonchev–Trinajstić information content (AvgIpc) is 2.89. The lowest BCUT2D eigenvalue weighted by atomic mass is 9.48. The molecule has 4 saturated carbocycles. The zero-order chi connectivity index (χ0) is 14.1. The second kappa shape index (κ2) is 4.11. The van der Waals surface area contributed by atoms with Crippen LogP contribution in [0.4, 0.5) is 0 Å². The van der Waals surface area contributed by atoms with Crippen molar-refractivity contribution in [2.24, 2.45) is 40.4 Å². The van der Waals surface area contributed by atoms with Gasteiger partial charge in [0.15, 0.2) is 0 Å². The summed E-state index contributed by atoms with van der Waals surface area (Å²) >= 11 is 0. The van der Waals surface area contributed by atoms with Crippen LogP contribution in [-0.4, -0.2) is 5.78 Å². The van der Waals surface area contributed by atoms with E-state index in [1.54, 1.807) is 0 Å². The summed E-state index contributed by atoms with van der Waals surface area (Å²) in [5, 5.41) is 0. The van der Waals surface area contributed by atoms with E-state index in [1.165, 1.54) is 44.9 Å². The lowest BCUT2D eigenvalue weighted by Gasteiger charge is -2.56. The summed E-state index contributed by atoms with van der Waals surface area (Å²) in [7, 11) is 0.